The molecule has 4 heteroatoms. The highest BCUT2D eigenvalue weighted by molar-refractivity contribution is 6.34. The van der Waals surface area contributed by atoms with E-state index in [9.17, 15) is 4.79 Å². The molecule has 0 aliphatic carbocycles. The molecule has 19 heavy (non-hydrogen) atoms. The Morgan fingerprint density at radius 2 is 2.05 bits per heavy atom. The molecule has 3 N–H and O–H groups in total. The number of benzene rings is 2. The molecule has 0 unspecified atom stereocenters. The molecule has 0 spiro atoms. The lowest BCUT2D eigenvalue weighted by Gasteiger charge is -2.08. The normalized spacial score (nSPS) is 10.2. The van der Waals surface area contributed by atoms with Crippen molar-refractivity contribution in [3.8, 4) is 0 Å². The minimum absolute atomic E-state index is 0.238. The first-order chi connectivity index (χ1) is 9.10. The summed E-state index contributed by atoms with van der Waals surface area (Å²) in [6, 6.07) is 12.6. The van der Waals surface area contributed by atoms with Gasteiger partial charge < -0.3 is 11.1 Å². The number of amides is 1. The molecule has 0 heterocycles. The summed E-state index contributed by atoms with van der Waals surface area (Å²) < 4.78 is 0. The second-order valence-electron chi connectivity index (χ2n) is 4.25. The molecule has 0 bridgehead atoms. The van der Waals surface area contributed by atoms with E-state index in [1.807, 2.05) is 24.3 Å². The van der Waals surface area contributed by atoms with Crippen molar-refractivity contribution in [2.75, 3.05) is 11.1 Å². The monoisotopic (exact) mass is 274 g/mol. The van der Waals surface area contributed by atoms with E-state index in [-0.39, 0.29) is 5.91 Å². The van der Waals surface area contributed by atoms with Gasteiger partial charge in [-0.2, -0.15) is 0 Å². The first-order valence-corrected chi connectivity index (χ1v) is 6.43. The molecule has 2 aromatic rings. The summed E-state index contributed by atoms with van der Waals surface area (Å²) in [7, 11) is 0. The summed E-state index contributed by atoms with van der Waals surface area (Å²) in [5.41, 5.74) is 8.48. The van der Waals surface area contributed by atoms with E-state index in [2.05, 4.69) is 12.2 Å². The highest BCUT2D eigenvalue weighted by Crippen LogP contribution is 2.21. The number of aryl methyl sites for hydroxylation is 1. The minimum atomic E-state index is -0.238. The third kappa shape index (κ3) is 3.26. The highest BCUT2D eigenvalue weighted by atomic mass is 35.5. The van der Waals surface area contributed by atoms with Gasteiger partial charge in [0.15, 0.2) is 0 Å². The van der Waals surface area contributed by atoms with Crippen LogP contribution >= 0.6 is 11.6 Å². The van der Waals surface area contributed by atoms with Crippen LogP contribution in [0.3, 0.4) is 0 Å². The van der Waals surface area contributed by atoms with Crippen LogP contribution in [0.5, 0.6) is 0 Å². The van der Waals surface area contributed by atoms with Crippen molar-refractivity contribution in [1.29, 1.82) is 0 Å². The van der Waals surface area contributed by atoms with Crippen LogP contribution in [0.25, 0.3) is 0 Å². The number of nitrogens with one attached hydrogen (secondary N) is 1. The predicted octanol–water partition coefficient (Wildman–Crippen LogP) is 3.74. The molecule has 0 saturated heterocycles. The molecule has 0 aliphatic heterocycles. The Labute approximate surface area is 117 Å². The smallest absolute Gasteiger partial charge is 0.257 e. The lowest BCUT2D eigenvalue weighted by atomic mass is 10.1. The number of nitrogens with two attached hydrogens (primary N) is 1. The van der Waals surface area contributed by atoms with Crippen molar-refractivity contribution in [3.63, 3.8) is 0 Å². The molecule has 2 rings (SSSR count). The van der Waals surface area contributed by atoms with Gasteiger partial charge in [0.2, 0.25) is 0 Å². The van der Waals surface area contributed by atoms with Crippen LogP contribution < -0.4 is 11.1 Å². The summed E-state index contributed by atoms with van der Waals surface area (Å²) in [6.45, 7) is 2.07. The van der Waals surface area contributed by atoms with Gasteiger partial charge in [0.05, 0.1) is 10.6 Å². The first kappa shape index (κ1) is 13.4. The number of hydrogen-bond acceptors (Lipinski definition) is 2. The Balaban J connectivity index is 2.20. The maximum Gasteiger partial charge on any atom is 0.257 e. The molecule has 1 amide bonds. The molecule has 2 aromatic carbocycles. The topological polar surface area (TPSA) is 55.1 Å². The average molecular weight is 275 g/mol. The number of nitrogen functional groups attached to an aromatic ring is 1. The fraction of sp³-hybridized carbons (Fsp3) is 0.133. The number of halogens is 1. The van der Waals surface area contributed by atoms with Gasteiger partial charge in [-0.05, 0) is 42.3 Å². The van der Waals surface area contributed by atoms with E-state index < -0.39 is 0 Å². The van der Waals surface area contributed by atoms with Gasteiger partial charge in [0, 0.05) is 11.4 Å². The van der Waals surface area contributed by atoms with Crippen molar-refractivity contribution in [1.82, 2.24) is 0 Å². The predicted molar refractivity (Wildman–Crippen MR) is 79.6 cm³/mol. The lowest BCUT2D eigenvalue weighted by molar-refractivity contribution is 0.102. The number of hydrogen-bond donors (Lipinski definition) is 2. The fourth-order valence-electron chi connectivity index (χ4n) is 1.78. The zero-order valence-corrected chi connectivity index (χ0v) is 11.4. The molecule has 98 valence electrons. The van der Waals surface area contributed by atoms with E-state index >= 15 is 0 Å². The average Bonchev–Trinajstić information content (AvgIpc) is 2.38. The van der Waals surface area contributed by atoms with E-state index in [4.69, 9.17) is 17.3 Å². The molecule has 0 radical (unpaired) electrons. The van der Waals surface area contributed by atoms with Gasteiger partial charge in [-0.3, -0.25) is 4.79 Å². The van der Waals surface area contributed by atoms with E-state index in [1.54, 1.807) is 18.2 Å². The van der Waals surface area contributed by atoms with Crippen LogP contribution in [-0.4, -0.2) is 5.91 Å². The van der Waals surface area contributed by atoms with Crippen molar-refractivity contribution in [2.45, 2.75) is 13.3 Å². The van der Waals surface area contributed by atoms with Gasteiger partial charge in [0.1, 0.15) is 0 Å². The van der Waals surface area contributed by atoms with Crippen molar-refractivity contribution in [3.05, 3.63) is 58.6 Å². The van der Waals surface area contributed by atoms with Crippen LogP contribution in [0.15, 0.2) is 42.5 Å². The van der Waals surface area contributed by atoms with Crippen LogP contribution in [-0.2, 0) is 6.42 Å². The highest BCUT2D eigenvalue weighted by Gasteiger charge is 2.10. The molecule has 3 nitrogen and oxygen atoms in total. The SMILES string of the molecule is CCc1cccc(NC(=O)c2ccc(N)cc2Cl)c1. The number of rotatable bonds is 3. The van der Waals surface area contributed by atoms with Crippen LogP contribution in [0.4, 0.5) is 11.4 Å². The summed E-state index contributed by atoms with van der Waals surface area (Å²) in [5, 5.41) is 3.18. The van der Waals surface area contributed by atoms with Crippen LogP contribution in [0, 0.1) is 0 Å². The molecule has 0 aliphatic rings. The Kier molecular flexibility index (Phi) is 4.07. The number of carbonyl (C=O) groups is 1. The van der Waals surface area contributed by atoms with Crippen molar-refractivity contribution in [2.24, 2.45) is 0 Å². The van der Waals surface area contributed by atoms with Gasteiger partial charge in [-0.1, -0.05) is 30.7 Å². The zero-order valence-electron chi connectivity index (χ0n) is 10.6. The Morgan fingerprint density at radius 1 is 1.26 bits per heavy atom. The van der Waals surface area contributed by atoms with Gasteiger partial charge in [-0.15, -0.1) is 0 Å². The van der Waals surface area contributed by atoms with E-state index in [0.29, 0.717) is 16.3 Å². The zero-order chi connectivity index (χ0) is 13.8. The maximum atomic E-state index is 12.1. The molecular weight excluding hydrogens is 260 g/mol. The second-order valence-corrected chi connectivity index (χ2v) is 4.65. The summed E-state index contributed by atoms with van der Waals surface area (Å²) in [6.07, 6.45) is 0.923. The molecule has 0 atom stereocenters. The lowest BCUT2D eigenvalue weighted by Crippen LogP contribution is -2.12. The van der Waals surface area contributed by atoms with Crippen LogP contribution in [0.2, 0.25) is 5.02 Å². The van der Waals surface area contributed by atoms with Crippen LogP contribution in [0.1, 0.15) is 22.8 Å². The third-order valence-electron chi connectivity index (χ3n) is 2.83. The minimum Gasteiger partial charge on any atom is -0.399 e. The van der Waals surface area contributed by atoms with E-state index in [0.717, 1.165) is 12.1 Å². The third-order valence-corrected chi connectivity index (χ3v) is 3.14. The Bertz CT molecular complexity index is 611. The standard InChI is InChI=1S/C15H15ClN2O/c1-2-10-4-3-5-12(8-10)18-15(19)13-7-6-11(17)9-14(13)16/h3-9H,2,17H2,1H3,(H,18,19). The quantitative estimate of drug-likeness (QED) is 0.838. The first-order valence-electron chi connectivity index (χ1n) is 6.05. The Morgan fingerprint density at radius 3 is 2.74 bits per heavy atom. The van der Waals surface area contributed by atoms with E-state index in [1.165, 1.54) is 5.56 Å². The number of carbonyl (C=O) groups excluding carboxylic acids is 1. The largest absolute Gasteiger partial charge is 0.399 e. The van der Waals surface area contributed by atoms with Crippen molar-refractivity contribution < 1.29 is 4.79 Å². The molecule has 0 saturated carbocycles. The summed E-state index contributed by atoms with van der Waals surface area (Å²) >= 11 is 6.01. The number of anilines is 2. The Hall–Kier alpha value is -2.00. The molecule has 0 fully saturated rings. The summed E-state index contributed by atoms with van der Waals surface area (Å²) in [4.78, 5) is 12.1. The summed E-state index contributed by atoms with van der Waals surface area (Å²) in [5.74, 6) is -0.238. The van der Waals surface area contributed by atoms with Gasteiger partial charge in [0.25, 0.3) is 5.91 Å². The maximum absolute atomic E-state index is 12.1. The van der Waals surface area contributed by atoms with Crippen molar-refractivity contribution >= 4 is 28.9 Å². The van der Waals surface area contributed by atoms with Gasteiger partial charge in [-0.25, -0.2) is 0 Å². The second kappa shape index (κ2) is 5.76. The molecular formula is C15H15ClN2O. The fourth-order valence-corrected chi connectivity index (χ4v) is 2.06. The molecule has 0 aromatic heterocycles. The van der Waals surface area contributed by atoms with Gasteiger partial charge >= 0.3 is 0 Å².